The zero-order valence-corrected chi connectivity index (χ0v) is 19.6. The number of anilines is 2. The Labute approximate surface area is 201 Å². The topological polar surface area (TPSA) is 105 Å². The Morgan fingerprint density at radius 2 is 1.82 bits per heavy atom. The lowest BCUT2D eigenvalue weighted by Gasteiger charge is -2.37. The van der Waals surface area contributed by atoms with Gasteiger partial charge in [-0.2, -0.15) is 0 Å². The molecule has 2 aliphatic rings. The molecule has 34 heavy (non-hydrogen) atoms. The van der Waals surface area contributed by atoms with E-state index >= 15 is 0 Å². The Kier molecular flexibility index (Phi) is 7.95. The van der Waals surface area contributed by atoms with Gasteiger partial charge in [0, 0.05) is 37.5 Å². The lowest BCUT2D eigenvalue weighted by Crippen LogP contribution is -2.46. The molecule has 7 nitrogen and oxygen atoms in total. The van der Waals surface area contributed by atoms with Crippen LogP contribution in [0.4, 0.5) is 11.4 Å². The Bertz CT molecular complexity index is 1020. The molecule has 1 saturated carbocycles. The molecule has 0 spiro atoms. The van der Waals surface area contributed by atoms with Gasteiger partial charge >= 0.3 is 0 Å². The first kappa shape index (κ1) is 24.0. The fourth-order valence-electron chi connectivity index (χ4n) is 5.17. The third kappa shape index (κ3) is 5.65. The minimum atomic E-state index is -0.252. The van der Waals surface area contributed by atoms with Gasteiger partial charge in [0.2, 0.25) is 11.8 Å². The number of fused-ring (bicyclic) bond motifs is 1. The van der Waals surface area contributed by atoms with Crippen LogP contribution < -0.4 is 21.3 Å². The maximum absolute atomic E-state index is 13.7. The van der Waals surface area contributed by atoms with E-state index in [0.29, 0.717) is 48.8 Å². The summed E-state index contributed by atoms with van der Waals surface area (Å²) >= 11 is 0. The van der Waals surface area contributed by atoms with Crippen LogP contribution in [0.15, 0.2) is 48.5 Å². The highest BCUT2D eigenvalue weighted by Crippen LogP contribution is 2.39. The maximum atomic E-state index is 13.7. The lowest BCUT2D eigenvalue weighted by molar-refractivity contribution is -0.120. The molecule has 1 aliphatic carbocycles. The highest BCUT2D eigenvalue weighted by molar-refractivity contribution is 6.06. The average molecular weight is 463 g/mol. The molecule has 4 N–H and O–H groups in total. The van der Waals surface area contributed by atoms with E-state index in [-0.39, 0.29) is 30.2 Å². The Hall–Kier alpha value is -3.19. The van der Waals surface area contributed by atoms with Crippen molar-refractivity contribution >= 4 is 29.1 Å². The van der Waals surface area contributed by atoms with Gasteiger partial charge in [0.15, 0.2) is 0 Å². The number of carbonyl (C=O) groups is 3. The lowest BCUT2D eigenvalue weighted by atomic mass is 9.81. The van der Waals surface area contributed by atoms with Gasteiger partial charge < -0.3 is 21.3 Å². The summed E-state index contributed by atoms with van der Waals surface area (Å²) in [4.78, 5) is 41.0. The molecule has 3 amide bonds. The number of rotatable bonds is 7. The molecule has 0 radical (unpaired) electrons. The van der Waals surface area contributed by atoms with E-state index in [2.05, 4.69) is 10.6 Å². The number of carbonyl (C=O) groups excluding carboxylic acids is 3. The quantitative estimate of drug-likeness (QED) is 0.584. The van der Waals surface area contributed by atoms with Crippen molar-refractivity contribution in [1.82, 2.24) is 5.32 Å². The van der Waals surface area contributed by atoms with Crippen molar-refractivity contribution in [1.29, 1.82) is 0 Å². The van der Waals surface area contributed by atoms with Crippen molar-refractivity contribution in [3.05, 3.63) is 59.7 Å². The summed E-state index contributed by atoms with van der Waals surface area (Å²) < 4.78 is 0. The van der Waals surface area contributed by atoms with E-state index in [1.807, 2.05) is 35.2 Å². The van der Waals surface area contributed by atoms with Gasteiger partial charge in [0.1, 0.15) is 0 Å². The SMILES string of the molecule is NCCNC(=O)c1ccc2c(c1)NC(=O)CC(C1CCCCC1)N2C(=O)CCc1ccccc1. The first-order valence-corrected chi connectivity index (χ1v) is 12.3. The third-order valence-corrected chi connectivity index (χ3v) is 6.88. The van der Waals surface area contributed by atoms with Crippen LogP contribution in [-0.4, -0.2) is 36.9 Å². The molecule has 2 aromatic rings. The highest BCUT2D eigenvalue weighted by Gasteiger charge is 2.37. The molecular weight excluding hydrogens is 428 g/mol. The number of hydrogen-bond donors (Lipinski definition) is 3. The summed E-state index contributed by atoms with van der Waals surface area (Å²) in [6.07, 6.45) is 6.78. The first-order chi connectivity index (χ1) is 16.6. The molecule has 2 aromatic carbocycles. The number of nitrogens with one attached hydrogen (secondary N) is 2. The van der Waals surface area contributed by atoms with E-state index in [4.69, 9.17) is 5.73 Å². The molecule has 4 rings (SSSR count). The van der Waals surface area contributed by atoms with E-state index in [1.54, 1.807) is 18.2 Å². The fraction of sp³-hybridized carbons (Fsp3) is 0.444. The second-order valence-corrected chi connectivity index (χ2v) is 9.24. The van der Waals surface area contributed by atoms with Crippen LogP contribution >= 0.6 is 0 Å². The monoisotopic (exact) mass is 462 g/mol. The molecule has 1 unspecified atom stereocenters. The third-order valence-electron chi connectivity index (χ3n) is 6.88. The second kappa shape index (κ2) is 11.3. The van der Waals surface area contributed by atoms with E-state index in [0.717, 1.165) is 31.2 Å². The van der Waals surface area contributed by atoms with Crippen LogP contribution in [0.1, 0.15) is 60.9 Å². The molecule has 180 valence electrons. The molecular formula is C27H34N4O3. The van der Waals surface area contributed by atoms with Crippen LogP contribution in [0, 0.1) is 5.92 Å². The molecule has 0 aromatic heterocycles. The van der Waals surface area contributed by atoms with Crippen molar-refractivity contribution in [3.8, 4) is 0 Å². The average Bonchev–Trinajstić information content (AvgIpc) is 3.02. The number of hydrogen-bond acceptors (Lipinski definition) is 4. The smallest absolute Gasteiger partial charge is 0.251 e. The van der Waals surface area contributed by atoms with Gasteiger partial charge in [-0.25, -0.2) is 0 Å². The minimum absolute atomic E-state index is 0.0116. The van der Waals surface area contributed by atoms with Gasteiger partial charge in [0.05, 0.1) is 11.4 Å². The number of amides is 3. The molecule has 7 heteroatoms. The van der Waals surface area contributed by atoms with Crippen molar-refractivity contribution in [2.24, 2.45) is 11.7 Å². The fourth-order valence-corrected chi connectivity index (χ4v) is 5.17. The number of nitrogens with two attached hydrogens (primary N) is 1. The van der Waals surface area contributed by atoms with Crippen LogP contribution in [0.5, 0.6) is 0 Å². The zero-order chi connectivity index (χ0) is 23.9. The zero-order valence-electron chi connectivity index (χ0n) is 19.6. The Balaban J connectivity index is 1.66. The van der Waals surface area contributed by atoms with Gasteiger partial charge in [0.25, 0.3) is 5.91 Å². The van der Waals surface area contributed by atoms with E-state index in [1.165, 1.54) is 6.42 Å². The second-order valence-electron chi connectivity index (χ2n) is 9.24. The summed E-state index contributed by atoms with van der Waals surface area (Å²) in [6, 6.07) is 15.0. The van der Waals surface area contributed by atoms with Crippen LogP contribution in [0.2, 0.25) is 0 Å². The minimum Gasteiger partial charge on any atom is -0.351 e. The summed E-state index contributed by atoms with van der Waals surface area (Å²) in [5, 5.41) is 5.72. The Morgan fingerprint density at radius 1 is 1.06 bits per heavy atom. The molecule has 1 heterocycles. The largest absolute Gasteiger partial charge is 0.351 e. The maximum Gasteiger partial charge on any atom is 0.251 e. The number of nitrogens with zero attached hydrogens (tertiary/aromatic N) is 1. The van der Waals surface area contributed by atoms with Gasteiger partial charge in [-0.05, 0) is 48.9 Å². The summed E-state index contributed by atoms with van der Waals surface area (Å²) in [5.74, 6) is -0.0663. The van der Waals surface area contributed by atoms with Crippen LogP contribution in [-0.2, 0) is 16.0 Å². The molecule has 0 saturated heterocycles. The van der Waals surface area contributed by atoms with Crippen molar-refractivity contribution in [2.75, 3.05) is 23.3 Å². The molecule has 1 aliphatic heterocycles. The van der Waals surface area contributed by atoms with Crippen molar-refractivity contribution < 1.29 is 14.4 Å². The molecule has 1 atom stereocenters. The molecule has 0 bridgehead atoms. The number of benzene rings is 2. The highest BCUT2D eigenvalue weighted by atomic mass is 16.2. The van der Waals surface area contributed by atoms with Crippen LogP contribution in [0.25, 0.3) is 0 Å². The van der Waals surface area contributed by atoms with Gasteiger partial charge in [-0.15, -0.1) is 0 Å². The predicted octanol–water partition coefficient (Wildman–Crippen LogP) is 3.63. The number of aryl methyl sites for hydroxylation is 1. The first-order valence-electron chi connectivity index (χ1n) is 12.3. The van der Waals surface area contributed by atoms with Crippen LogP contribution in [0.3, 0.4) is 0 Å². The Morgan fingerprint density at radius 3 is 2.56 bits per heavy atom. The van der Waals surface area contributed by atoms with Gasteiger partial charge in [-0.3, -0.25) is 14.4 Å². The summed E-state index contributed by atoms with van der Waals surface area (Å²) in [6.45, 7) is 0.719. The standard InChI is InChI=1S/C27H34N4O3/c28-15-16-29-27(34)21-12-13-23-22(17-21)30-25(32)18-24(20-9-5-2-6-10-20)31(23)26(33)14-11-19-7-3-1-4-8-19/h1,3-4,7-8,12-13,17,20,24H,2,5-6,9-11,14-16,18,28H2,(H,29,34)(H,30,32). The van der Waals surface area contributed by atoms with Crippen molar-refractivity contribution in [2.45, 2.75) is 57.4 Å². The predicted molar refractivity (Wildman–Crippen MR) is 134 cm³/mol. The summed E-state index contributed by atoms with van der Waals surface area (Å²) in [7, 11) is 0. The normalized spacial score (nSPS) is 18.6. The summed E-state index contributed by atoms with van der Waals surface area (Å²) in [5.41, 5.74) is 8.23. The van der Waals surface area contributed by atoms with Crippen molar-refractivity contribution in [3.63, 3.8) is 0 Å². The van der Waals surface area contributed by atoms with E-state index < -0.39 is 0 Å². The van der Waals surface area contributed by atoms with Gasteiger partial charge in [-0.1, -0.05) is 49.6 Å². The molecule has 1 fully saturated rings. The van der Waals surface area contributed by atoms with E-state index in [9.17, 15) is 14.4 Å².